The van der Waals surface area contributed by atoms with Crippen molar-refractivity contribution in [2.24, 2.45) is 23.5 Å². The third-order valence-corrected chi connectivity index (χ3v) is 7.66. The van der Waals surface area contributed by atoms with Crippen LogP contribution < -0.4 is 11.1 Å². The SMILES string of the molecule is CCCCCC/C(OC=O)=C(\C)C(=O)N(C)C(CCC)C(=O)NC(C(N)=O)C1CC2CCC1C2. The maximum atomic E-state index is 13.3. The maximum Gasteiger partial charge on any atom is 0.298 e. The molecule has 8 heteroatoms. The Hall–Kier alpha value is -2.38. The van der Waals surface area contributed by atoms with Gasteiger partial charge in [0.1, 0.15) is 17.8 Å². The van der Waals surface area contributed by atoms with E-state index >= 15 is 0 Å². The van der Waals surface area contributed by atoms with Gasteiger partial charge in [-0.15, -0.1) is 0 Å². The summed E-state index contributed by atoms with van der Waals surface area (Å²) in [6, 6.07) is -1.46. The monoisotopic (exact) mass is 477 g/mol. The molecule has 0 radical (unpaired) electrons. The summed E-state index contributed by atoms with van der Waals surface area (Å²) in [6.07, 6.45) is 9.85. The molecule has 192 valence electrons. The summed E-state index contributed by atoms with van der Waals surface area (Å²) >= 11 is 0. The summed E-state index contributed by atoms with van der Waals surface area (Å²) in [5.74, 6) is 0.212. The van der Waals surface area contributed by atoms with E-state index in [1.807, 2.05) is 6.92 Å². The standard InChI is InChI=1S/C26H43N3O5/c1-5-7-8-9-11-22(34-16-30)17(3)26(33)29(4)21(10-6-2)25(32)28-23(24(27)31)20-15-18-12-13-19(20)14-18/h16,18-21,23H,5-15H2,1-4H3,(H2,27,31)(H,28,32)/b22-17-. The lowest BCUT2D eigenvalue weighted by Crippen LogP contribution is -2.56. The molecule has 0 aromatic rings. The number of fused-ring (bicyclic) bond motifs is 2. The van der Waals surface area contributed by atoms with Crippen LogP contribution in [0.25, 0.3) is 0 Å². The number of primary amides is 1. The Kier molecular flexibility index (Phi) is 11.1. The molecule has 0 aliphatic heterocycles. The van der Waals surface area contributed by atoms with E-state index in [0.717, 1.165) is 44.9 Å². The number of likely N-dealkylation sites (N-methyl/N-ethyl adjacent to an activating group) is 1. The Labute approximate surface area is 204 Å². The summed E-state index contributed by atoms with van der Waals surface area (Å²) in [5, 5.41) is 2.89. The van der Waals surface area contributed by atoms with Crippen molar-refractivity contribution in [3.63, 3.8) is 0 Å². The molecule has 2 bridgehead atoms. The van der Waals surface area contributed by atoms with Crippen LogP contribution in [0, 0.1) is 17.8 Å². The van der Waals surface area contributed by atoms with Crippen molar-refractivity contribution in [2.75, 3.05) is 7.05 Å². The molecule has 2 rings (SSSR count). The Bertz CT molecular complexity index is 766. The Morgan fingerprint density at radius 3 is 2.38 bits per heavy atom. The summed E-state index contributed by atoms with van der Waals surface area (Å²) in [7, 11) is 1.58. The van der Waals surface area contributed by atoms with E-state index in [2.05, 4.69) is 12.2 Å². The second-order valence-corrected chi connectivity index (χ2v) is 10.0. The van der Waals surface area contributed by atoms with Crippen molar-refractivity contribution in [2.45, 2.75) is 103 Å². The first-order chi connectivity index (χ1) is 16.2. The Morgan fingerprint density at radius 1 is 1.12 bits per heavy atom. The van der Waals surface area contributed by atoms with E-state index in [0.29, 0.717) is 48.9 Å². The van der Waals surface area contributed by atoms with Crippen molar-refractivity contribution >= 4 is 24.2 Å². The highest BCUT2D eigenvalue weighted by Gasteiger charge is 2.46. The lowest BCUT2D eigenvalue weighted by Gasteiger charge is -2.33. The van der Waals surface area contributed by atoms with Crippen molar-refractivity contribution in [3.8, 4) is 0 Å². The van der Waals surface area contributed by atoms with Gasteiger partial charge in [-0.2, -0.15) is 0 Å². The number of ether oxygens (including phenoxy) is 1. The topological polar surface area (TPSA) is 119 Å². The van der Waals surface area contributed by atoms with Crippen LogP contribution in [0.5, 0.6) is 0 Å². The minimum absolute atomic E-state index is 0.0702. The average molecular weight is 478 g/mol. The van der Waals surface area contributed by atoms with Gasteiger partial charge in [0.2, 0.25) is 11.8 Å². The molecule has 0 aromatic carbocycles. The third kappa shape index (κ3) is 7.06. The molecule has 0 heterocycles. The molecule has 3 amide bonds. The fraction of sp³-hybridized carbons (Fsp3) is 0.769. The molecule has 2 aliphatic rings. The summed E-state index contributed by atoms with van der Waals surface area (Å²) in [4.78, 5) is 51.2. The first kappa shape index (κ1) is 27.9. The van der Waals surface area contributed by atoms with Gasteiger partial charge in [-0.25, -0.2) is 0 Å². The number of carbonyl (C=O) groups excluding carboxylic acids is 4. The predicted octanol–water partition coefficient (Wildman–Crippen LogP) is 3.44. The lowest BCUT2D eigenvalue weighted by atomic mass is 9.82. The van der Waals surface area contributed by atoms with Crippen LogP contribution in [0.4, 0.5) is 0 Å². The largest absolute Gasteiger partial charge is 0.433 e. The van der Waals surface area contributed by atoms with Crippen molar-refractivity contribution in [1.29, 1.82) is 0 Å². The fourth-order valence-electron chi connectivity index (χ4n) is 5.75. The Morgan fingerprint density at radius 2 is 1.85 bits per heavy atom. The number of unbranched alkanes of at least 4 members (excludes halogenated alkanes) is 3. The molecule has 5 atom stereocenters. The highest BCUT2D eigenvalue weighted by molar-refractivity contribution is 5.97. The molecule has 0 spiro atoms. The van der Waals surface area contributed by atoms with Gasteiger partial charge in [0.25, 0.3) is 12.4 Å². The number of hydrogen-bond acceptors (Lipinski definition) is 5. The van der Waals surface area contributed by atoms with Gasteiger partial charge < -0.3 is 20.7 Å². The van der Waals surface area contributed by atoms with Crippen LogP contribution in [-0.4, -0.2) is 48.2 Å². The van der Waals surface area contributed by atoms with Gasteiger partial charge in [0.15, 0.2) is 0 Å². The van der Waals surface area contributed by atoms with E-state index in [9.17, 15) is 19.2 Å². The number of nitrogens with zero attached hydrogens (tertiary/aromatic N) is 1. The molecular formula is C26H43N3O5. The van der Waals surface area contributed by atoms with Gasteiger partial charge in [0, 0.05) is 13.5 Å². The van der Waals surface area contributed by atoms with E-state index in [-0.39, 0.29) is 17.7 Å². The zero-order valence-corrected chi connectivity index (χ0v) is 21.3. The maximum absolute atomic E-state index is 13.3. The lowest BCUT2D eigenvalue weighted by molar-refractivity contribution is -0.138. The van der Waals surface area contributed by atoms with Gasteiger partial charge in [-0.05, 0) is 56.8 Å². The van der Waals surface area contributed by atoms with Gasteiger partial charge in [-0.1, -0.05) is 46.0 Å². The smallest absolute Gasteiger partial charge is 0.298 e. The minimum atomic E-state index is -0.745. The van der Waals surface area contributed by atoms with Crippen molar-refractivity contribution in [1.82, 2.24) is 10.2 Å². The highest BCUT2D eigenvalue weighted by Crippen LogP contribution is 2.49. The predicted molar refractivity (Wildman–Crippen MR) is 130 cm³/mol. The van der Waals surface area contributed by atoms with Crippen LogP contribution >= 0.6 is 0 Å². The first-order valence-electron chi connectivity index (χ1n) is 12.9. The van der Waals surface area contributed by atoms with Crippen LogP contribution in [0.1, 0.15) is 91.4 Å². The third-order valence-electron chi connectivity index (χ3n) is 7.66. The molecule has 0 aromatic heterocycles. The van der Waals surface area contributed by atoms with Gasteiger partial charge in [0.05, 0.1) is 5.57 Å². The zero-order valence-electron chi connectivity index (χ0n) is 21.3. The molecule has 5 unspecified atom stereocenters. The fourth-order valence-corrected chi connectivity index (χ4v) is 5.75. The van der Waals surface area contributed by atoms with Crippen molar-refractivity contribution in [3.05, 3.63) is 11.3 Å². The molecule has 8 nitrogen and oxygen atoms in total. The molecule has 2 saturated carbocycles. The molecular weight excluding hydrogens is 434 g/mol. The molecule has 0 saturated heterocycles. The molecule has 2 aliphatic carbocycles. The summed E-state index contributed by atoms with van der Waals surface area (Å²) < 4.78 is 5.14. The number of rotatable bonds is 15. The van der Waals surface area contributed by atoms with Crippen LogP contribution in [0.3, 0.4) is 0 Å². The number of nitrogens with one attached hydrogen (secondary N) is 1. The Balaban J connectivity index is 2.13. The second-order valence-electron chi connectivity index (χ2n) is 10.0. The number of amides is 3. The quantitative estimate of drug-likeness (QED) is 0.162. The zero-order chi connectivity index (χ0) is 25.3. The van der Waals surface area contributed by atoms with Crippen LogP contribution in [0.2, 0.25) is 0 Å². The number of hydrogen-bond donors (Lipinski definition) is 2. The number of allylic oxidation sites excluding steroid dienone is 1. The van der Waals surface area contributed by atoms with Crippen LogP contribution in [-0.2, 0) is 23.9 Å². The van der Waals surface area contributed by atoms with E-state index in [1.54, 1.807) is 14.0 Å². The second kappa shape index (κ2) is 13.5. The minimum Gasteiger partial charge on any atom is -0.433 e. The van der Waals surface area contributed by atoms with E-state index in [4.69, 9.17) is 10.5 Å². The highest BCUT2D eigenvalue weighted by atomic mass is 16.5. The number of carbonyl (C=O) groups is 4. The normalized spacial score (nSPS) is 23.6. The summed E-state index contributed by atoms with van der Waals surface area (Å²) in [5.41, 5.74) is 6.02. The van der Waals surface area contributed by atoms with Crippen LogP contribution in [0.15, 0.2) is 11.3 Å². The molecule has 34 heavy (non-hydrogen) atoms. The van der Waals surface area contributed by atoms with E-state index < -0.39 is 18.0 Å². The van der Waals surface area contributed by atoms with E-state index in [1.165, 1.54) is 11.3 Å². The van der Waals surface area contributed by atoms with Gasteiger partial charge in [-0.3, -0.25) is 19.2 Å². The molecule has 2 fully saturated rings. The molecule has 3 N–H and O–H groups in total. The summed E-state index contributed by atoms with van der Waals surface area (Å²) in [6.45, 7) is 6.02. The number of nitrogens with two attached hydrogens (primary N) is 1. The average Bonchev–Trinajstić information content (AvgIpc) is 3.45. The van der Waals surface area contributed by atoms with Gasteiger partial charge >= 0.3 is 0 Å². The van der Waals surface area contributed by atoms with Crippen molar-refractivity contribution < 1.29 is 23.9 Å². The first-order valence-corrected chi connectivity index (χ1v) is 12.9.